The molecule has 0 unspecified atom stereocenters. The van der Waals surface area contributed by atoms with Crippen molar-refractivity contribution in [2.75, 3.05) is 12.4 Å². The molecule has 0 saturated heterocycles. The molecule has 0 radical (unpaired) electrons. The predicted molar refractivity (Wildman–Crippen MR) is 118 cm³/mol. The number of benzene rings is 3. The van der Waals surface area contributed by atoms with Gasteiger partial charge in [0.05, 0.1) is 0 Å². The van der Waals surface area contributed by atoms with Crippen LogP contribution in [0.3, 0.4) is 0 Å². The highest BCUT2D eigenvalue weighted by atomic mass is 79.9. The van der Waals surface area contributed by atoms with Crippen LogP contribution in [0, 0.1) is 0 Å². The molecule has 0 aromatic heterocycles. The van der Waals surface area contributed by atoms with Crippen LogP contribution in [0.5, 0.6) is 5.75 Å². The van der Waals surface area contributed by atoms with Crippen LogP contribution in [-0.4, -0.2) is 23.4 Å². The van der Waals surface area contributed by atoms with Gasteiger partial charge in [-0.05, 0) is 53.1 Å². The molecule has 0 bridgehead atoms. The van der Waals surface area contributed by atoms with Crippen molar-refractivity contribution in [3.63, 3.8) is 0 Å². The van der Waals surface area contributed by atoms with Gasteiger partial charge in [0.2, 0.25) is 0 Å². The Bertz CT molecular complexity index is 953. The molecule has 0 aliphatic carbocycles. The Balaban J connectivity index is 1.72. The second-order valence-corrected chi connectivity index (χ2v) is 7.97. The fraction of sp³-hybridized carbons (Fsp3) is 0.0870. The van der Waals surface area contributed by atoms with Crippen molar-refractivity contribution in [1.82, 2.24) is 0 Å². The number of rotatable bonds is 8. The van der Waals surface area contributed by atoms with E-state index in [0.717, 1.165) is 15.1 Å². The fourth-order valence-corrected chi connectivity index (χ4v) is 3.84. The van der Waals surface area contributed by atoms with E-state index in [0.29, 0.717) is 5.75 Å². The van der Waals surface area contributed by atoms with E-state index >= 15 is 0 Å². The molecule has 28 heavy (non-hydrogen) atoms. The summed E-state index contributed by atoms with van der Waals surface area (Å²) in [6.45, 7) is -0.331. The van der Waals surface area contributed by atoms with Crippen molar-refractivity contribution in [3.8, 4) is 5.75 Å². The van der Waals surface area contributed by atoms with Crippen LogP contribution in [0.4, 0.5) is 0 Å². The lowest BCUT2D eigenvalue weighted by molar-refractivity contribution is -0.139. The van der Waals surface area contributed by atoms with Crippen LogP contribution < -0.4 is 4.74 Å². The van der Waals surface area contributed by atoms with E-state index in [-0.39, 0.29) is 6.61 Å². The third-order valence-corrected chi connectivity index (χ3v) is 5.38. The van der Waals surface area contributed by atoms with Crippen LogP contribution >= 0.6 is 27.7 Å². The van der Waals surface area contributed by atoms with Gasteiger partial charge in [-0.3, -0.25) is 0 Å². The molecule has 0 saturated carbocycles. The van der Waals surface area contributed by atoms with E-state index < -0.39 is 5.97 Å². The third-order valence-electron chi connectivity index (χ3n) is 3.94. The van der Waals surface area contributed by atoms with Gasteiger partial charge < -0.3 is 9.84 Å². The highest BCUT2D eigenvalue weighted by molar-refractivity contribution is 9.10. The van der Waals surface area contributed by atoms with Crippen molar-refractivity contribution in [2.45, 2.75) is 4.90 Å². The van der Waals surface area contributed by atoms with E-state index in [1.165, 1.54) is 16.7 Å². The molecule has 0 heterocycles. The number of hydrogen-bond acceptors (Lipinski definition) is 3. The Kier molecular flexibility index (Phi) is 7.34. The van der Waals surface area contributed by atoms with Crippen molar-refractivity contribution in [3.05, 3.63) is 101 Å². The van der Waals surface area contributed by atoms with Gasteiger partial charge in [-0.25, -0.2) is 4.79 Å². The Morgan fingerprint density at radius 2 is 1.68 bits per heavy atom. The molecule has 3 aromatic carbocycles. The Labute approximate surface area is 177 Å². The minimum atomic E-state index is -0.982. The Hall–Kier alpha value is -2.50. The standard InChI is InChI=1S/C23H19BrO3S/c24-19-8-4-7-18(15-19)22(17-5-2-1-3-6-17)13-14-28-21-11-9-20(10-12-21)27-16-23(25)26/h1-13,15H,14,16H2,(H,25,26). The monoisotopic (exact) mass is 454 g/mol. The first-order chi connectivity index (χ1) is 13.6. The number of carbonyl (C=O) groups is 1. The molecule has 5 heteroatoms. The maximum absolute atomic E-state index is 10.6. The second kappa shape index (κ2) is 10.2. The molecular weight excluding hydrogens is 436 g/mol. The zero-order valence-electron chi connectivity index (χ0n) is 15.0. The summed E-state index contributed by atoms with van der Waals surface area (Å²) < 4.78 is 6.22. The summed E-state index contributed by atoms with van der Waals surface area (Å²) in [4.78, 5) is 11.7. The van der Waals surface area contributed by atoms with Crippen LogP contribution in [0.1, 0.15) is 11.1 Å². The first kappa shape index (κ1) is 20.2. The summed E-state index contributed by atoms with van der Waals surface area (Å²) in [6.07, 6.45) is 2.23. The van der Waals surface area contributed by atoms with Crippen LogP contribution in [0.25, 0.3) is 5.57 Å². The van der Waals surface area contributed by atoms with Gasteiger partial charge in [0, 0.05) is 15.1 Å². The minimum Gasteiger partial charge on any atom is -0.482 e. The zero-order valence-corrected chi connectivity index (χ0v) is 17.4. The minimum absolute atomic E-state index is 0.331. The van der Waals surface area contributed by atoms with Crippen molar-refractivity contribution >= 4 is 39.2 Å². The number of thioether (sulfide) groups is 1. The largest absolute Gasteiger partial charge is 0.482 e. The van der Waals surface area contributed by atoms with E-state index in [2.05, 4.69) is 46.3 Å². The number of ether oxygens (including phenoxy) is 1. The van der Waals surface area contributed by atoms with E-state index in [9.17, 15) is 4.79 Å². The summed E-state index contributed by atoms with van der Waals surface area (Å²) in [7, 11) is 0. The highest BCUT2D eigenvalue weighted by Gasteiger charge is 2.06. The molecule has 142 valence electrons. The fourth-order valence-electron chi connectivity index (χ4n) is 2.67. The average molecular weight is 455 g/mol. The molecule has 0 atom stereocenters. The third kappa shape index (κ3) is 6.01. The van der Waals surface area contributed by atoms with Gasteiger partial charge in [-0.1, -0.05) is 64.5 Å². The topological polar surface area (TPSA) is 46.5 Å². The molecule has 0 aliphatic heterocycles. The van der Waals surface area contributed by atoms with Gasteiger partial charge in [0.1, 0.15) is 5.75 Å². The number of carboxylic acids is 1. The first-order valence-electron chi connectivity index (χ1n) is 8.71. The van der Waals surface area contributed by atoms with E-state index in [4.69, 9.17) is 9.84 Å². The number of carboxylic acid groups (broad SMARTS) is 1. The first-order valence-corrected chi connectivity index (χ1v) is 10.5. The number of aliphatic carboxylic acids is 1. The summed E-state index contributed by atoms with van der Waals surface area (Å²) in [5.41, 5.74) is 3.54. The quantitative estimate of drug-likeness (QED) is 0.415. The summed E-state index contributed by atoms with van der Waals surface area (Å²) in [5.74, 6) is 0.387. The van der Waals surface area contributed by atoms with Crippen LogP contribution in [0.15, 0.2) is 94.3 Å². The van der Waals surface area contributed by atoms with E-state index in [1.54, 1.807) is 23.9 Å². The molecule has 0 fully saturated rings. The second-order valence-electron chi connectivity index (χ2n) is 5.96. The van der Waals surface area contributed by atoms with Crippen LogP contribution in [-0.2, 0) is 4.79 Å². The van der Waals surface area contributed by atoms with Gasteiger partial charge in [0.15, 0.2) is 6.61 Å². The van der Waals surface area contributed by atoms with Gasteiger partial charge in [-0.2, -0.15) is 0 Å². The SMILES string of the molecule is O=C(O)COc1ccc(SCC=C(c2ccccc2)c2cccc(Br)c2)cc1. The molecule has 0 spiro atoms. The lowest BCUT2D eigenvalue weighted by atomic mass is 9.98. The predicted octanol–water partition coefficient (Wildman–Crippen LogP) is 6.14. The molecule has 0 amide bonds. The van der Waals surface area contributed by atoms with Gasteiger partial charge in [0.25, 0.3) is 0 Å². The van der Waals surface area contributed by atoms with Gasteiger partial charge >= 0.3 is 5.97 Å². The van der Waals surface area contributed by atoms with E-state index in [1.807, 2.05) is 42.5 Å². The highest BCUT2D eigenvalue weighted by Crippen LogP contribution is 2.28. The molecule has 3 rings (SSSR count). The lowest BCUT2D eigenvalue weighted by Crippen LogP contribution is -2.09. The van der Waals surface area contributed by atoms with Crippen molar-refractivity contribution in [2.24, 2.45) is 0 Å². The van der Waals surface area contributed by atoms with Crippen molar-refractivity contribution in [1.29, 1.82) is 0 Å². The summed E-state index contributed by atoms with van der Waals surface area (Å²) in [6, 6.07) is 26.1. The number of hydrogen-bond donors (Lipinski definition) is 1. The maximum atomic E-state index is 10.6. The number of halogens is 1. The lowest BCUT2D eigenvalue weighted by Gasteiger charge is -2.10. The zero-order chi connectivity index (χ0) is 19.8. The normalized spacial score (nSPS) is 11.2. The Morgan fingerprint density at radius 3 is 2.36 bits per heavy atom. The van der Waals surface area contributed by atoms with Crippen LogP contribution in [0.2, 0.25) is 0 Å². The average Bonchev–Trinajstić information content (AvgIpc) is 2.71. The van der Waals surface area contributed by atoms with Gasteiger partial charge in [-0.15, -0.1) is 11.8 Å². The summed E-state index contributed by atoms with van der Waals surface area (Å²) >= 11 is 5.27. The molecule has 3 aromatic rings. The smallest absolute Gasteiger partial charge is 0.341 e. The molecular formula is C23H19BrO3S. The molecule has 3 nitrogen and oxygen atoms in total. The summed E-state index contributed by atoms with van der Waals surface area (Å²) in [5, 5.41) is 8.66. The maximum Gasteiger partial charge on any atom is 0.341 e. The Morgan fingerprint density at radius 1 is 0.964 bits per heavy atom. The van der Waals surface area contributed by atoms with Crippen molar-refractivity contribution < 1.29 is 14.6 Å². The molecule has 1 N–H and O–H groups in total. The molecule has 0 aliphatic rings.